The third-order valence-electron chi connectivity index (χ3n) is 6.52. The van der Waals surface area contributed by atoms with Gasteiger partial charge < -0.3 is 10.2 Å². The maximum absolute atomic E-state index is 13.7. The van der Waals surface area contributed by atoms with E-state index >= 15 is 0 Å². The molecular weight excluding hydrogens is 404 g/mol. The zero-order valence-corrected chi connectivity index (χ0v) is 18.2. The monoisotopic (exact) mass is 430 g/mol. The number of carbonyl (C=O) groups excluding carboxylic acids is 2. The fourth-order valence-corrected chi connectivity index (χ4v) is 5.94. The Hall–Kier alpha value is -2.92. The molecule has 1 fully saturated rings. The molecule has 0 bridgehead atoms. The molecule has 1 aliphatic heterocycles. The van der Waals surface area contributed by atoms with Gasteiger partial charge in [0.1, 0.15) is 0 Å². The van der Waals surface area contributed by atoms with E-state index < -0.39 is 5.92 Å². The van der Waals surface area contributed by atoms with Crippen molar-refractivity contribution in [3.63, 3.8) is 0 Å². The largest absolute Gasteiger partial charge is 0.351 e. The lowest BCUT2D eigenvalue weighted by molar-refractivity contribution is -0.124. The van der Waals surface area contributed by atoms with E-state index in [-0.39, 0.29) is 23.9 Å². The fraction of sp³-hybridized carbons (Fsp3) is 0.308. The highest BCUT2D eigenvalue weighted by atomic mass is 32.1. The van der Waals surface area contributed by atoms with Gasteiger partial charge in [-0.15, -0.1) is 11.3 Å². The van der Waals surface area contributed by atoms with Crippen LogP contribution >= 0.6 is 11.3 Å². The number of benzene rings is 2. The highest BCUT2D eigenvalue weighted by Gasteiger charge is 2.47. The summed E-state index contributed by atoms with van der Waals surface area (Å²) in [6.45, 7) is 0.479. The van der Waals surface area contributed by atoms with Crippen LogP contribution in [0.2, 0.25) is 0 Å². The van der Waals surface area contributed by atoms with Gasteiger partial charge in [-0.3, -0.25) is 9.59 Å². The van der Waals surface area contributed by atoms with Crippen LogP contribution in [0.4, 0.5) is 0 Å². The van der Waals surface area contributed by atoms with Crippen LogP contribution in [0.25, 0.3) is 0 Å². The minimum absolute atomic E-state index is 0.0230. The molecule has 2 aliphatic rings. The van der Waals surface area contributed by atoms with Gasteiger partial charge in [0, 0.05) is 23.0 Å². The Kier molecular flexibility index (Phi) is 5.60. The molecule has 158 valence electrons. The molecule has 0 saturated heterocycles. The first-order valence-corrected chi connectivity index (χ1v) is 11.9. The Bertz CT molecular complexity index is 1060. The summed E-state index contributed by atoms with van der Waals surface area (Å²) in [6, 6.07) is 21.6. The minimum atomic E-state index is -0.420. The number of fused-ring (bicyclic) bond motifs is 1. The van der Waals surface area contributed by atoms with E-state index in [2.05, 4.69) is 11.4 Å². The van der Waals surface area contributed by atoms with Gasteiger partial charge in [0.2, 0.25) is 5.91 Å². The van der Waals surface area contributed by atoms with Crippen LogP contribution in [0, 0.1) is 0 Å². The number of carbonyl (C=O) groups is 2. The van der Waals surface area contributed by atoms with Gasteiger partial charge in [-0.1, -0.05) is 67.4 Å². The number of nitrogens with zero attached hydrogens (tertiary/aromatic N) is 1. The number of thiophene rings is 1. The first kappa shape index (κ1) is 20.0. The van der Waals surface area contributed by atoms with E-state index in [1.807, 2.05) is 70.9 Å². The van der Waals surface area contributed by atoms with Crippen molar-refractivity contribution in [2.75, 3.05) is 0 Å². The van der Waals surface area contributed by atoms with Crippen LogP contribution < -0.4 is 5.32 Å². The van der Waals surface area contributed by atoms with Crippen molar-refractivity contribution in [1.29, 1.82) is 0 Å². The lowest BCUT2D eigenvalue weighted by Gasteiger charge is -2.44. The zero-order chi connectivity index (χ0) is 21.2. The number of nitrogens with one attached hydrogen (secondary N) is 1. The molecular formula is C26H26N2O2S. The van der Waals surface area contributed by atoms with Gasteiger partial charge in [-0.25, -0.2) is 0 Å². The molecule has 1 aromatic heterocycles. The summed E-state index contributed by atoms with van der Waals surface area (Å²) in [7, 11) is 0. The van der Waals surface area contributed by atoms with E-state index in [1.54, 1.807) is 11.3 Å². The van der Waals surface area contributed by atoms with Crippen molar-refractivity contribution < 1.29 is 9.59 Å². The summed E-state index contributed by atoms with van der Waals surface area (Å²) in [5.41, 5.74) is 2.57. The summed E-state index contributed by atoms with van der Waals surface area (Å²) in [5, 5.41) is 5.19. The predicted molar refractivity (Wildman–Crippen MR) is 123 cm³/mol. The summed E-state index contributed by atoms with van der Waals surface area (Å²) < 4.78 is 0. The Morgan fingerprint density at radius 1 is 0.968 bits per heavy atom. The van der Waals surface area contributed by atoms with Gasteiger partial charge >= 0.3 is 0 Å². The molecule has 0 unspecified atom stereocenters. The first-order chi connectivity index (χ1) is 15.2. The SMILES string of the molecule is O=C(NCc1ccccc1)[C@H]1c2ccccc2C(=O)N(C2CCCC2)[C@@H]1c1cccs1. The van der Waals surface area contributed by atoms with E-state index in [9.17, 15) is 9.59 Å². The van der Waals surface area contributed by atoms with Crippen molar-refractivity contribution in [3.05, 3.63) is 93.7 Å². The molecule has 2 heterocycles. The van der Waals surface area contributed by atoms with Crippen molar-refractivity contribution >= 4 is 23.2 Å². The van der Waals surface area contributed by atoms with Crippen LogP contribution in [0.15, 0.2) is 72.1 Å². The van der Waals surface area contributed by atoms with E-state index in [1.165, 1.54) is 0 Å². The minimum Gasteiger partial charge on any atom is -0.351 e. The number of hydrogen-bond acceptors (Lipinski definition) is 3. The summed E-state index contributed by atoms with van der Waals surface area (Å²) >= 11 is 1.63. The molecule has 5 rings (SSSR count). The van der Waals surface area contributed by atoms with Crippen LogP contribution in [0.5, 0.6) is 0 Å². The molecule has 1 saturated carbocycles. The fourth-order valence-electron chi connectivity index (χ4n) is 5.07. The summed E-state index contributed by atoms with van der Waals surface area (Å²) in [5.74, 6) is -0.380. The highest BCUT2D eigenvalue weighted by molar-refractivity contribution is 7.10. The summed E-state index contributed by atoms with van der Waals surface area (Å²) in [4.78, 5) is 30.4. The lowest BCUT2D eigenvalue weighted by atomic mass is 9.80. The van der Waals surface area contributed by atoms with Crippen molar-refractivity contribution in [2.45, 2.75) is 50.2 Å². The number of rotatable bonds is 5. The maximum Gasteiger partial charge on any atom is 0.254 e. The average Bonchev–Trinajstić information content (AvgIpc) is 3.52. The molecule has 2 amide bonds. The molecule has 2 aromatic carbocycles. The molecule has 3 aromatic rings. The van der Waals surface area contributed by atoms with Gasteiger partial charge in [0.05, 0.1) is 12.0 Å². The van der Waals surface area contributed by atoms with Crippen molar-refractivity contribution in [1.82, 2.24) is 10.2 Å². The van der Waals surface area contributed by atoms with Crippen LogP contribution in [0.3, 0.4) is 0 Å². The molecule has 1 N–H and O–H groups in total. The van der Waals surface area contributed by atoms with E-state index in [0.717, 1.165) is 41.7 Å². The smallest absolute Gasteiger partial charge is 0.254 e. The standard InChI is InChI=1S/C26H26N2O2S/c29-25(27-17-18-9-2-1-3-10-18)23-20-13-6-7-14-21(20)26(30)28(19-11-4-5-12-19)24(23)22-15-8-16-31-22/h1-3,6-10,13-16,19,23-24H,4-5,11-12,17H2,(H,27,29)/t23-,24+/m0/s1. The second kappa shape index (κ2) is 8.67. The van der Waals surface area contributed by atoms with E-state index in [4.69, 9.17) is 0 Å². The molecule has 1 aliphatic carbocycles. The van der Waals surface area contributed by atoms with Crippen LogP contribution in [-0.2, 0) is 11.3 Å². The second-order valence-electron chi connectivity index (χ2n) is 8.38. The normalized spacial score (nSPS) is 21.2. The topological polar surface area (TPSA) is 49.4 Å². The Morgan fingerprint density at radius 2 is 1.71 bits per heavy atom. The Labute approximate surface area is 186 Å². The van der Waals surface area contributed by atoms with Gasteiger partial charge in [-0.05, 0) is 41.5 Å². The third kappa shape index (κ3) is 3.79. The Morgan fingerprint density at radius 3 is 2.45 bits per heavy atom. The quantitative estimate of drug-likeness (QED) is 0.598. The van der Waals surface area contributed by atoms with Crippen molar-refractivity contribution in [3.8, 4) is 0 Å². The molecule has 4 nitrogen and oxygen atoms in total. The molecule has 0 radical (unpaired) electrons. The third-order valence-corrected chi connectivity index (χ3v) is 7.46. The number of hydrogen-bond donors (Lipinski definition) is 1. The molecule has 2 atom stereocenters. The second-order valence-corrected chi connectivity index (χ2v) is 9.36. The molecule has 5 heteroatoms. The first-order valence-electron chi connectivity index (χ1n) is 11.0. The maximum atomic E-state index is 13.7. The van der Waals surface area contributed by atoms with Crippen LogP contribution in [-0.4, -0.2) is 22.8 Å². The van der Waals surface area contributed by atoms with Crippen molar-refractivity contribution in [2.24, 2.45) is 0 Å². The molecule has 0 spiro atoms. The van der Waals surface area contributed by atoms with Gasteiger partial charge in [0.15, 0.2) is 0 Å². The predicted octanol–water partition coefficient (Wildman–Crippen LogP) is 5.29. The summed E-state index contributed by atoms with van der Waals surface area (Å²) in [6.07, 6.45) is 4.29. The lowest BCUT2D eigenvalue weighted by Crippen LogP contribution is -2.50. The van der Waals surface area contributed by atoms with Gasteiger partial charge in [0.25, 0.3) is 5.91 Å². The van der Waals surface area contributed by atoms with Crippen LogP contribution in [0.1, 0.15) is 64.0 Å². The zero-order valence-electron chi connectivity index (χ0n) is 17.4. The average molecular weight is 431 g/mol. The number of amides is 2. The van der Waals surface area contributed by atoms with Gasteiger partial charge in [-0.2, -0.15) is 0 Å². The molecule has 31 heavy (non-hydrogen) atoms. The van der Waals surface area contributed by atoms with E-state index in [0.29, 0.717) is 12.1 Å². The Balaban J connectivity index is 1.56. The highest BCUT2D eigenvalue weighted by Crippen LogP contribution is 2.47.